The fourth-order valence-corrected chi connectivity index (χ4v) is 5.55. The number of carbonyl (C=O) groups is 2. The lowest BCUT2D eigenvalue weighted by Crippen LogP contribution is -2.29. The molecule has 3 aromatic carbocycles. The molecule has 182 valence electrons. The minimum atomic E-state index is -1.01. The summed E-state index contributed by atoms with van der Waals surface area (Å²) in [6.45, 7) is 1.97. The van der Waals surface area contributed by atoms with Gasteiger partial charge in [0.25, 0.3) is 5.78 Å². The Bertz CT molecular complexity index is 1540. The van der Waals surface area contributed by atoms with Gasteiger partial charge in [-0.3, -0.25) is 14.5 Å². The second-order valence-electron chi connectivity index (χ2n) is 8.23. The fraction of sp³-hybridized carbons (Fsp3) is 0.148. The summed E-state index contributed by atoms with van der Waals surface area (Å²) in [5.41, 5.74) is 2.50. The second-order valence-corrected chi connectivity index (χ2v) is 9.67. The highest BCUT2D eigenvalue weighted by Crippen LogP contribution is 2.48. The van der Waals surface area contributed by atoms with Gasteiger partial charge in [-0.05, 0) is 55.0 Å². The molecule has 1 atom stereocenters. The number of halogens is 1. The van der Waals surface area contributed by atoms with Crippen LogP contribution in [0, 0.1) is 6.92 Å². The van der Waals surface area contributed by atoms with Crippen LogP contribution in [0.4, 0.5) is 5.13 Å². The van der Waals surface area contributed by atoms with E-state index in [0.29, 0.717) is 38.3 Å². The number of aromatic nitrogens is 1. The van der Waals surface area contributed by atoms with E-state index in [4.69, 9.17) is 21.1 Å². The Labute approximate surface area is 216 Å². The maximum absolute atomic E-state index is 13.5. The number of amides is 1. The molecular formula is C27H21ClN2O5S. The maximum atomic E-state index is 13.5. The molecule has 2 heterocycles. The van der Waals surface area contributed by atoms with Gasteiger partial charge in [-0.15, -0.1) is 0 Å². The summed E-state index contributed by atoms with van der Waals surface area (Å²) in [6, 6.07) is 16.3. The van der Waals surface area contributed by atoms with Gasteiger partial charge in [0.05, 0.1) is 30.0 Å². The smallest absolute Gasteiger partial charge is 0.301 e. The van der Waals surface area contributed by atoms with E-state index in [0.717, 1.165) is 10.3 Å². The first kappa shape index (κ1) is 23.8. The molecule has 0 unspecified atom stereocenters. The third kappa shape index (κ3) is 3.88. The molecule has 0 saturated carbocycles. The summed E-state index contributed by atoms with van der Waals surface area (Å²) in [5.74, 6) is -1.17. The molecule has 1 aliphatic rings. The lowest BCUT2D eigenvalue weighted by Gasteiger charge is -2.25. The van der Waals surface area contributed by atoms with Crippen molar-refractivity contribution in [3.05, 3.63) is 87.9 Å². The highest BCUT2D eigenvalue weighted by atomic mass is 35.5. The number of rotatable bonds is 5. The third-order valence-electron chi connectivity index (χ3n) is 6.03. The lowest BCUT2D eigenvalue weighted by molar-refractivity contribution is -0.132. The van der Waals surface area contributed by atoms with Crippen molar-refractivity contribution in [3.63, 3.8) is 0 Å². The van der Waals surface area contributed by atoms with E-state index in [-0.39, 0.29) is 11.3 Å². The minimum absolute atomic E-state index is 0.0793. The van der Waals surface area contributed by atoms with Crippen molar-refractivity contribution in [3.8, 4) is 11.5 Å². The fourth-order valence-electron chi connectivity index (χ4n) is 4.34. The highest BCUT2D eigenvalue weighted by Gasteiger charge is 2.49. The van der Waals surface area contributed by atoms with Crippen molar-refractivity contribution in [1.82, 2.24) is 4.98 Å². The van der Waals surface area contributed by atoms with E-state index in [1.165, 1.54) is 30.5 Å². The number of fused-ring (bicyclic) bond motifs is 1. The van der Waals surface area contributed by atoms with Crippen molar-refractivity contribution in [1.29, 1.82) is 0 Å². The van der Waals surface area contributed by atoms with Crippen LogP contribution in [0.2, 0.25) is 5.02 Å². The minimum Gasteiger partial charge on any atom is -0.507 e. The predicted octanol–water partition coefficient (Wildman–Crippen LogP) is 5.90. The Hall–Kier alpha value is -3.88. The monoisotopic (exact) mass is 520 g/mol. The van der Waals surface area contributed by atoms with Gasteiger partial charge in [-0.25, -0.2) is 4.98 Å². The van der Waals surface area contributed by atoms with Crippen LogP contribution < -0.4 is 14.4 Å². The van der Waals surface area contributed by atoms with Gasteiger partial charge in [0, 0.05) is 16.1 Å². The molecule has 36 heavy (non-hydrogen) atoms. The number of ketones is 1. The van der Waals surface area contributed by atoms with Gasteiger partial charge in [-0.1, -0.05) is 41.1 Å². The lowest BCUT2D eigenvalue weighted by atomic mass is 9.94. The average molecular weight is 521 g/mol. The molecule has 1 amide bonds. The van der Waals surface area contributed by atoms with Gasteiger partial charge in [0.1, 0.15) is 11.8 Å². The number of aryl methyl sites for hydroxylation is 1. The number of nitrogens with zero attached hydrogens (tertiary/aromatic N) is 2. The van der Waals surface area contributed by atoms with Gasteiger partial charge in [0.15, 0.2) is 16.6 Å². The Morgan fingerprint density at radius 2 is 1.81 bits per heavy atom. The summed E-state index contributed by atoms with van der Waals surface area (Å²) >= 11 is 7.31. The Balaban J connectivity index is 1.79. The van der Waals surface area contributed by atoms with E-state index >= 15 is 0 Å². The van der Waals surface area contributed by atoms with Gasteiger partial charge in [-0.2, -0.15) is 0 Å². The summed E-state index contributed by atoms with van der Waals surface area (Å²) in [6.07, 6.45) is 0. The summed E-state index contributed by atoms with van der Waals surface area (Å²) < 4.78 is 12.0. The predicted molar refractivity (Wildman–Crippen MR) is 140 cm³/mol. The number of para-hydroxylation sites is 1. The molecule has 0 bridgehead atoms. The summed E-state index contributed by atoms with van der Waals surface area (Å²) in [5, 5.41) is 12.1. The largest absolute Gasteiger partial charge is 0.507 e. The molecular weight excluding hydrogens is 500 g/mol. The molecule has 4 aromatic rings. The number of anilines is 1. The molecule has 1 saturated heterocycles. The quantitative estimate of drug-likeness (QED) is 0.200. The first-order valence-corrected chi connectivity index (χ1v) is 12.2. The van der Waals surface area contributed by atoms with Crippen LogP contribution in [0.3, 0.4) is 0 Å². The zero-order chi connectivity index (χ0) is 25.6. The van der Waals surface area contributed by atoms with E-state index in [1.807, 2.05) is 25.1 Å². The van der Waals surface area contributed by atoms with Crippen LogP contribution in [0.5, 0.6) is 11.5 Å². The summed E-state index contributed by atoms with van der Waals surface area (Å²) in [7, 11) is 2.98. The van der Waals surface area contributed by atoms with Crippen molar-refractivity contribution in [2.24, 2.45) is 0 Å². The topological polar surface area (TPSA) is 89.0 Å². The van der Waals surface area contributed by atoms with Crippen molar-refractivity contribution < 1.29 is 24.2 Å². The molecule has 1 N–H and O–H groups in total. The number of thiazole rings is 1. The number of aliphatic hydroxyl groups is 1. The van der Waals surface area contributed by atoms with Gasteiger partial charge in [0.2, 0.25) is 0 Å². The van der Waals surface area contributed by atoms with Crippen molar-refractivity contribution in [2.45, 2.75) is 13.0 Å². The van der Waals surface area contributed by atoms with Gasteiger partial charge >= 0.3 is 5.91 Å². The molecule has 7 nitrogen and oxygen atoms in total. The molecule has 1 aliphatic heterocycles. The van der Waals surface area contributed by atoms with Crippen molar-refractivity contribution in [2.75, 3.05) is 19.1 Å². The average Bonchev–Trinajstić information content (AvgIpc) is 3.40. The number of carbonyl (C=O) groups excluding carboxylic acids is 2. The van der Waals surface area contributed by atoms with Crippen LogP contribution >= 0.6 is 22.9 Å². The van der Waals surface area contributed by atoms with Crippen molar-refractivity contribution >= 4 is 55.7 Å². The first-order chi connectivity index (χ1) is 17.3. The number of aliphatic hydroxyl groups excluding tert-OH is 1. The Morgan fingerprint density at radius 1 is 1.06 bits per heavy atom. The van der Waals surface area contributed by atoms with Gasteiger partial charge < -0.3 is 14.6 Å². The first-order valence-electron chi connectivity index (χ1n) is 11.0. The normalized spacial score (nSPS) is 17.1. The number of ether oxygens (including phenoxy) is 2. The SMILES string of the molecule is COc1cccc([C@H]2C(=C(O)c3ccc(Cl)cc3)C(=O)C(=O)N2c2nc3ccc(C)cc3s2)c1OC. The second kappa shape index (κ2) is 9.29. The number of benzene rings is 3. The van der Waals surface area contributed by atoms with Crippen LogP contribution in [-0.4, -0.2) is 36.0 Å². The number of hydrogen-bond acceptors (Lipinski definition) is 7. The molecule has 5 rings (SSSR count). The highest BCUT2D eigenvalue weighted by molar-refractivity contribution is 7.22. The zero-order valence-electron chi connectivity index (χ0n) is 19.6. The van der Waals surface area contributed by atoms with E-state index in [9.17, 15) is 14.7 Å². The van der Waals surface area contributed by atoms with Crippen LogP contribution in [0.1, 0.15) is 22.7 Å². The van der Waals surface area contributed by atoms with E-state index in [1.54, 1.807) is 42.5 Å². The van der Waals surface area contributed by atoms with E-state index < -0.39 is 17.7 Å². The van der Waals surface area contributed by atoms with E-state index in [2.05, 4.69) is 4.98 Å². The number of methoxy groups -OCH3 is 2. The van der Waals surface area contributed by atoms with Crippen LogP contribution in [0.15, 0.2) is 66.2 Å². The molecule has 0 radical (unpaired) electrons. The standard InChI is InChI=1S/C27H21ClN2O5S/c1-14-7-12-18-20(13-14)36-27(29-18)30-22(17-5-4-6-19(34-2)25(17)35-3)21(24(32)26(30)33)23(31)15-8-10-16(28)11-9-15/h4-13,22,31H,1-3H3/t22-/m0/s1. The maximum Gasteiger partial charge on any atom is 0.301 e. The number of Topliss-reactive ketones (excluding diaryl/α,β-unsaturated/α-hetero) is 1. The Morgan fingerprint density at radius 3 is 2.50 bits per heavy atom. The zero-order valence-corrected chi connectivity index (χ0v) is 21.2. The summed E-state index contributed by atoms with van der Waals surface area (Å²) in [4.78, 5) is 32.9. The molecule has 1 fully saturated rings. The third-order valence-corrected chi connectivity index (χ3v) is 7.30. The Kier molecular flexibility index (Phi) is 6.15. The molecule has 0 spiro atoms. The van der Waals surface area contributed by atoms with Crippen LogP contribution in [-0.2, 0) is 9.59 Å². The molecule has 9 heteroatoms. The molecule has 1 aromatic heterocycles. The van der Waals surface area contributed by atoms with Crippen LogP contribution in [0.25, 0.3) is 16.0 Å². The number of hydrogen-bond donors (Lipinski definition) is 1. The molecule has 0 aliphatic carbocycles.